The predicted molar refractivity (Wildman–Crippen MR) is 84.5 cm³/mol. The lowest BCUT2D eigenvalue weighted by Crippen LogP contribution is -2.63. The Morgan fingerprint density at radius 2 is 2.05 bits per heavy atom. The normalized spacial score (nSPS) is 28.3. The second kappa shape index (κ2) is 6.63. The van der Waals surface area contributed by atoms with E-state index in [-0.39, 0.29) is 12.0 Å². The van der Waals surface area contributed by atoms with E-state index in [0.717, 1.165) is 38.9 Å². The Hall–Kier alpha value is -0.650. The second-order valence-corrected chi connectivity index (χ2v) is 7.29. The van der Waals surface area contributed by atoms with Crippen molar-refractivity contribution in [3.63, 3.8) is 0 Å². The van der Waals surface area contributed by atoms with Crippen LogP contribution in [0.25, 0.3) is 0 Å². The van der Waals surface area contributed by atoms with E-state index >= 15 is 0 Å². The van der Waals surface area contributed by atoms with Crippen molar-refractivity contribution in [1.29, 1.82) is 0 Å². The maximum Gasteiger partial charge on any atom is 0.325 e. The van der Waals surface area contributed by atoms with Crippen molar-refractivity contribution in [1.82, 2.24) is 15.1 Å². The number of carboxylic acid groups (broad SMARTS) is 1. The number of aliphatic carboxylic acids is 1. The maximum absolute atomic E-state index is 12.1. The third-order valence-electron chi connectivity index (χ3n) is 4.84. The average Bonchev–Trinajstić information content (AvgIpc) is 3.18. The first-order chi connectivity index (χ1) is 9.85. The van der Waals surface area contributed by atoms with Gasteiger partial charge in [-0.25, -0.2) is 0 Å². The average molecular weight is 297 g/mol. The van der Waals surface area contributed by atoms with Crippen molar-refractivity contribution in [3.8, 4) is 0 Å². The largest absolute Gasteiger partial charge is 0.480 e. The fourth-order valence-electron chi connectivity index (χ4n) is 3.67. The van der Waals surface area contributed by atoms with Crippen LogP contribution in [-0.4, -0.2) is 71.7 Å². The molecule has 122 valence electrons. The molecule has 2 N–H and O–H groups in total. The van der Waals surface area contributed by atoms with Crippen molar-refractivity contribution < 1.29 is 9.90 Å². The van der Waals surface area contributed by atoms with Gasteiger partial charge in [0.05, 0.1) is 0 Å². The third kappa shape index (κ3) is 3.96. The van der Waals surface area contributed by atoms with Crippen LogP contribution in [0.5, 0.6) is 0 Å². The van der Waals surface area contributed by atoms with E-state index < -0.39 is 11.5 Å². The minimum atomic E-state index is -0.772. The summed E-state index contributed by atoms with van der Waals surface area (Å²) in [6, 6.07) is 0.593. The Morgan fingerprint density at radius 1 is 1.38 bits per heavy atom. The number of carboxylic acids is 1. The molecule has 1 aliphatic heterocycles. The van der Waals surface area contributed by atoms with Crippen LogP contribution >= 0.6 is 0 Å². The zero-order valence-electron chi connectivity index (χ0n) is 13.9. The molecular formula is C16H31N3O2. The molecule has 5 nitrogen and oxygen atoms in total. The van der Waals surface area contributed by atoms with Gasteiger partial charge in [0.25, 0.3) is 0 Å². The highest BCUT2D eigenvalue weighted by Gasteiger charge is 2.52. The summed E-state index contributed by atoms with van der Waals surface area (Å²) in [6.07, 6.45) is 3.19. The zero-order chi connectivity index (χ0) is 15.6. The van der Waals surface area contributed by atoms with E-state index in [1.807, 2.05) is 13.8 Å². The first-order valence-electron chi connectivity index (χ1n) is 8.29. The van der Waals surface area contributed by atoms with Crippen molar-refractivity contribution in [2.24, 2.45) is 5.92 Å². The van der Waals surface area contributed by atoms with E-state index in [1.165, 1.54) is 0 Å². The summed E-state index contributed by atoms with van der Waals surface area (Å²) in [5.74, 6) is -0.394. The first-order valence-corrected chi connectivity index (χ1v) is 8.29. The van der Waals surface area contributed by atoms with Gasteiger partial charge in [0.15, 0.2) is 0 Å². The van der Waals surface area contributed by atoms with Gasteiger partial charge < -0.3 is 10.0 Å². The van der Waals surface area contributed by atoms with Crippen LogP contribution in [0.2, 0.25) is 0 Å². The van der Waals surface area contributed by atoms with Gasteiger partial charge in [0.1, 0.15) is 5.54 Å². The van der Waals surface area contributed by atoms with Gasteiger partial charge in [-0.3, -0.25) is 15.0 Å². The van der Waals surface area contributed by atoms with Crippen LogP contribution in [0.4, 0.5) is 0 Å². The van der Waals surface area contributed by atoms with Crippen LogP contribution in [0.1, 0.15) is 40.0 Å². The molecule has 1 saturated carbocycles. The second-order valence-electron chi connectivity index (χ2n) is 7.29. The fraction of sp³-hybridized carbons (Fsp3) is 0.938. The number of nitrogens with one attached hydrogen (secondary N) is 1. The molecule has 0 spiro atoms. The standard InChI is InChI=1S/C16H31N3O2/c1-12(2)17-16(15(20)21,14-6-7-14)11-19-9-5-8-18(4)10-13(19)3/h12-14,17H,5-11H2,1-4H3,(H,20,21). The molecule has 2 unspecified atom stereocenters. The molecular weight excluding hydrogens is 266 g/mol. The molecule has 21 heavy (non-hydrogen) atoms. The van der Waals surface area contributed by atoms with Gasteiger partial charge in [0, 0.05) is 25.2 Å². The van der Waals surface area contributed by atoms with E-state index in [9.17, 15) is 9.90 Å². The van der Waals surface area contributed by atoms with E-state index in [2.05, 4.69) is 29.1 Å². The first kappa shape index (κ1) is 16.7. The molecule has 0 radical (unpaired) electrons. The number of nitrogens with zero attached hydrogens (tertiary/aromatic N) is 2. The van der Waals surface area contributed by atoms with Crippen molar-refractivity contribution >= 4 is 5.97 Å². The van der Waals surface area contributed by atoms with Gasteiger partial charge in [-0.1, -0.05) is 0 Å². The molecule has 2 atom stereocenters. The lowest BCUT2D eigenvalue weighted by atomic mass is 9.90. The molecule has 0 aromatic rings. The number of rotatable bonds is 6. The molecule has 0 aromatic heterocycles. The Balaban J connectivity index is 2.15. The summed E-state index contributed by atoms with van der Waals surface area (Å²) in [5, 5.41) is 13.3. The number of carbonyl (C=O) groups is 1. The Morgan fingerprint density at radius 3 is 2.57 bits per heavy atom. The molecule has 2 rings (SSSR count). The Labute approximate surface area is 128 Å². The molecule has 0 bridgehead atoms. The molecule has 2 fully saturated rings. The highest BCUT2D eigenvalue weighted by atomic mass is 16.4. The van der Waals surface area contributed by atoms with E-state index in [4.69, 9.17) is 0 Å². The summed E-state index contributed by atoms with van der Waals surface area (Å²) in [4.78, 5) is 16.8. The molecule has 1 saturated heterocycles. The summed E-state index contributed by atoms with van der Waals surface area (Å²) in [6.45, 7) is 10.0. The summed E-state index contributed by atoms with van der Waals surface area (Å²) in [5.41, 5.74) is -0.772. The summed E-state index contributed by atoms with van der Waals surface area (Å²) >= 11 is 0. The molecule has 1 aliphatic carbocycles. The van der Waals surface area contributed by atoms with Gasteiger partial charge in [-0.05, 0) is 66.1 Å². The lowest BCUT2D eigenvalue weighted by Gasteiger charge is -2.39. The SMILES string of the molecule is CC(C)NC(CN1CCCN(C)CC1C)(C(=O)O)C1CC1. The van der Waals surface area contributed by atoms with Crippen LogP contribution in [-0.2, 0) is 4.79 Å². The maximum atomic E-state index is 12.1. The highest BCUT2D eigenvalue weighted by molar-refractivity contribution is 5.80. The zero-order valence-corrected chi connectivity index (χ0v) is 13.9. The number of likely N-dealkylation sites (N-methyl/N-ethyl adjacent to an activating group) is 1. The van der Waals surface area contributed by atoms with Crippen LogP contribution < -0.4 is 5.32 Å². The van der Waals surface area contributed by atoms with Gasteiger partial charge >= 0.3 is 5.97 Å². The summed E-state index contributed by atoms with van der Waals surface area (Å²) < 4.78 is 0. The smallest absolute Gasteiger partial charge is 0.325 e. The Kier molecular flexibility index (Phi) is 5.28. The summed E-state index contributed by atoms with van der Waals surface area (Å²) in [7, 11) is 2.15. The Bertz CT molecular complexity index is 371. The van der Waals surface area contributed by atoms with Crippen LogP contribution in [0, 0.1) is 5.92 Å². The molecule has 0 amide bonds. The van der Waals surface area contributed by atoms with Crippen molar-refractivity contribution in [3.05, 3.63) is 0 Å². The van der Waals surface area contributed by atoms with Crippen molar-refractivity contribution in [2.45, 2.75) is 57.7 Å². The molecule has 1 heterocycles. The van der Waals surface area contributed by atoms with Gasteiger partial charge in [0.2, 0.25) is 0 Å². The topological polar surface area (TPSA) is 55.8 Å². The van der Waals surface area contributed by atoms with Crippen LogP contribution in [0.3, 0.4) is 0 Å². The minimum absolute atomic E-state index is 0.187. The molecule has 2 aliphatic rings. The van der Waals surface area contributed by atoms with Crippen molar-refractivity contribution in [2.75, 3.05) is 33.2 Å². The fourth-order valence-corrected chi connectivity index (χ4v) is 3.67. The minimum Gasteiger partial charge on any atom is -0.480 e. The van der Waals surface area contributed by atoms with Crippen LogP contribution in [0.15, 0.2) is 0 Å². The number of hydrogen-bond donors (Lipinski definition) is 2. The van der Waals surface area contributed by atoms with Gasteiger partial charge in [-0.2, -0.15) is 0 Å². The third-order valence-corrected chi connectivity index (χ3v) is 4.84. The highest BCUT2D eigenvalue weighted by Crippen LogP contribution is 2.41. The molecule has 5 heteroatoms. The van der Waals surface area contributed by atoms with E-state index in [1.54, 1.807) is 0 Å². The molecule has 0 aromatic carbocycles. The predicted octanol–water partition coefficient (Wildman–Crippen LogP) is 1.24. The monoisotopic (exact) mass is 297 g/mol. The lowest BCUT2D eigenvalue weighted by molar-refractivity contribution is -0.147. The number of hydrogen-bond acceptors (Lipinski definition) is 4. The quantitative estimate of drug-likeness (QED) is 0.772. The van der Waals surface area contributed by atoms with E-state index in [0.29, 0.717) is 12.6 Å². The van der Waals surface area contributed by atoms with Gasteiger partial charge in [-0.15, -0.1) is 0 Å².